The van der Waals surface area contributed by atoms with Gasteiger partial charge in [-0.3, -0.25) is 14.5 Å². The number of rotatable bonds is 6. The molecule has 1 aliphatic heterocycles. The fourth-order valence-corrected chi connectivity index (χ4v) is 1.78. The third-order valence-corrected chi connectivity index (χ3v) is 3.49. The summed E-state index contributed by atoms with van der Waals surface area (Å²) in [5.41, 5.74) is -2.18. The van der Waals surface area contributed by atoms with E-state index in [4.69, 9.17) is 10.2 Å². The van der Waals surface area contributed by atoms with E-state index >= 15 is 0 Å². The highest BCUT2D eigenvalue weighted by atomic mass is 16.3. The molecule has 0 radical (unpaired) electrons. The second-order valence-electron chi connectivity index (χ2n) is 5.43. The molecular formula is C12H21N3O5. The van der Waals surface area contributed by atoms with E-state index in [2.05, 4.69) is 10.6 Å². The molecule has 0 aliphatic carbocycles. The molecule has 0 bridgehead atoms. The number of nitrogens with zero attached hydrogens (tertiary/aromatic N) is 1. The molecule has 4 N–H and O–H groups in total. The zero-order valence-corrected chi connectivity index (χ0v) is 11.9. The maximum Gasteiger partial charge on any atom is 0.325 e. The lowest BCUT2D eigenvalue weighted by molar-refractivity contribution is -0.135. The first kappa shape index (κ1) is 16.4. The van der Waals surface area contributed by atoms with E-state index in [1.165, 1.54) is 6.92 Å². The van der Waals surface area contributed by atoms with Crippen LogP contribution < -0.4 is 10.6 Å². The summed E-state index contributed by atoms with van der Waals surface area (Å²) in [6, 6.07) is -0.621. The van der Waals surface area contributed by atoms with Crippen LogP contribution in [0.15, 0.2) is 0 Å². The van der Waals surface area contributed by atoms with Crippen molar-refractivity contribution in [3.8, 4) is 0 Å². The number of nitrogens with one attached hydrogen (secondary N) is 2. The minimum Gasteiger partial charge on any atom is -0.394 e. The average molecular weight is 287 g/mol. The van der Waals surface area contributed by atoms with E-state index < -0.39 is 48.7 Å². The lowest BCUT2D eigenvalue weighted by Gasteiger charge is -2.27. The van der Waals surface area contributed by atoms with Gasteiger partial charge in [-0.1, -0.05) is 6.92 Å². The van der Waals surface area contributed by atoms with Gasteiger partial charge in [-0.05, 0) is 20.3 Å². The Labute approximate surface area is 117 Å². The monoisotopic (exact) mass is 287 g/mol. The fraction of sp³-hybridized carbons (Fsp3) is 0.750. The highest BCUT2D eigenvalue weighted by Gasteiger charge is 2.47. The van der Waals surface area contributed by atoms with E-state index in [1.54, 1.807) is 13.8 Å². The third kappa shape index (κ3) is 3.07. The molecule has 114 valence electrons. The van der Waals surface area contributed by atoms with Crippen LogP contribution >= 0.6 is 0 Å². The van der Waals surface area contributed by atoms with Gasteiger partial charge in [0.25, 0.3) is 5.91 Å². The molecule has 1 rings (SSSR count). The first-order chi connectivity index (χ1) is 9.21. The molecule has 1 fully saturated rings. The summed E-state index contributed by atoms with van der Waals surface area (Å²) in [4.78, 5) is 36.4. The lowest BCUT2D eigenvalue weighted by Crippen LogP contribution is -2.55. The van der Waals surface area contributed by atoms with Crippen molar-refractivity contribution in [2.75, 3.05) is 19.8 Å². The standard InChI is InChI=1S/C12H21N3O5/c1-4-12(3)9(19)15(10(20)14-12)5-8(18)13-11(2,6-16)7-17/h16-17H,4-7H2,1-3H3,(H,13,18)(H,14,20). The number of amides is 4. The summed E-state index contributed by atoms with van der Waals surface area (Å²) in [5, 5.41) is 23.1. The third-order valence-electron chi connectivity index (χ3n) is 3.49. The Hall–Kier alpha value is -1.67. The minimum atomic E-state index is -1.19. The summed E-state index contributed by atoms with van der Waals surface area (Å²) in [6.45, 7) is 3.44. The van der Waals surface area contributed by atoms with Gasteiger partial charge in [0.15, 0.2) is 0 Å². The molecule has 1 saturated heterocycles. The van der Waals surface area contributed by atoms with Crippen molar-refractivity contribution in [2.24, 2.45) is 0 Å². The van der Waals surface area contributed by atoms with Crippen LogP contribution in [-0.2, 0) is 9.59 Å². The summed E-state index contributed by atoms with van der Waals surface area (Å²) < 4.78 is 0. The van der Waals surface area contributed by atoms with Crippen LogP contribution in [0, 0.1) is 0 Å². The van der Waals surface area contributed by atoms with Crippen LogP contribution in [0.5, 0.6) is 0 Å². The average Bonchev–Trinajstić information content (AvgIpc) is 2.63. The van der Waals surface area contributed by atoms with Gasteiger partial charge in [0.1, 0.15) is 12.1 Å². The molecular weight excluding hydrogens is 266 g/mol. The van der Waals surface area contributed by atoms with Crippen LogP contribution in [0.4, 0.5) is 4.79 Å². The number of hydrogen-bond donors (Lipinski definition) is 4. The quantitative estimate of drug-likeness (QED) is 0.446. The van der Waals surface area contributed by atoms with Gasteiger partial charge < -0.3 is 20.8 Å². The van der Waals surface area contributed by atoms with Gasteiger partial charge >= 0.3 is 6.03 Å². The van der Waals surface area contributed by atoms with Crippen molar-refractivity contribution in [1.29, 1.82) is 0 Å². The predicted molar refractivity (Wildman–Crippen MR) is 69.7 cm³/mol. The fourth-order valence-electron chi connectivity index (χ4n) is 1.78. The molecule has 8 heteroatoms. The maximum atomic E-state index is 12.1. The molecule has 1 aliphatic rings. The largest absolute Gasteiger partial charge is 0.394 e. The Morgan fingerprint density at radius 2 is 1.95 bits per heavy atom. The van der Waals surface area contributed by atoms with E-state index in [1.807, 2.05) is 0 Å². The van der Waals surface area contributed by atoms with Gasteiger partial charge in [0, 0.05) is 0 Å². The Morgan fingerprint density at radius 3 is 2.35 bits per heavy atom. The molecule has 20 heavy (non-hydrogen) atoms. The van der Waals surface area contributed by atoms with Gasteiger partial charge in [-0.2, -0.15) is 0 Å². The first-order valence-corrected chi connectivity index (χ1v) is 6.38. The predicted octanol–water partition coefficient (Wildman–Crippen LogP) is -1.43. The Balaban J connectivity index is 2.72. The zero-order valence-electron chi connectivity index (χ0n) is 11.9. The number of hydrogen-bond acceptors (Lipinski definition) is 5. The van der Waals surface area contributed by atoms with Gasteiger partial charge in [-0.15, -0.1) is 0 Å². The summed E-state index contributed by atoms with van der Waals surface area (Å²) in [5.74, 6) is -1.09. The smallest absolute Gasteiger partial charge is 0.325 e. The van der Waals surface area contributed by atoms with E-state index in [-0.39, 0.29) is 0 Å². The highest BCUT2D eigenvalue weighted by Crippen LogP contribution is 2.20. The topological polar surface area (TPSA) is 119 Å². The summed E-state index contributed by atoms with van der Waals surface area (Å²) >= 11 is 0. The van der Waals surface area contributed by atoms with E-state index in [0.717, 1.165) is 4.90 Å². The lowest BCUT2D eigenvalue weighted by atomic mass is 9.99. The highest BCUT2D eigenvalue weighted by molar-refractivity contribution is 6.08. The number of urea groups is 1. The van der Waals surface area contributed by atoms with Crippen LogP contribution in [0.1, 0.15) is 27.2 Å². The Bertz CT molecular complexity index is 421. The summed E-state index contributed by atoms with van der Waals surface area (Å²) in [6.07, 6.45) is 0.417. The Kier molecular flexibility index (Phi) is 4.72. The minimum absolute atomic E-state index is 0.417. The molecule has 1 heterocycles. The van der Waals surface area contributed by atoms with E-state index in [9.17, 15) is 14.4 Å². The number of imide groups is 1. The maximum absolute atomic E-state index is 12.1. The van der Waals surface area contributed by atoms with Crippen molar-refractivity contribution in [2.45, 2.75) is 38.3 Å². The Morgan fingerprint density at radius 1 is 1.40 bits per heavy atom. The van der Waals surface area contributed by atoms with Gasteiger partial charge in [0.05, 0.1) is 18.8 Å². The van der Waals surface area contributed by atoms with Gasteiger partial charge in [0.2, 0.25) is 5.91 Å². The molecule has 0 aromatic rings. The number of carbonyl (C=O) groups is 3. The number of aliphatic hydroxyl groups is 2. The molecule has 0 aromatic carbocycles. The van der Waals surface area contributed by atoms with E-state index in [0.29, 0.717) is 6.42 Å². The van der Waals surface area contributed by atoms with Crippen molar-refractivity contribution in [3.63, 3.8) is 0 Å². The van der Waals surface area contributed by atoms with Crippen molar-refractivity contribution >= 4 is 17.8 Å². The first-order valence-electron chi connectivity index (χ1n) is 6.38. The van der Waals surface area contributed by atoms with Crippen LogP contribution in [0.25, 0.3) is 0 Å². The molecule has 8 nitrogen and oxygen atoms in total. The van der Waals surface area contributed by atoms with Crippen molar-refractivity contribution in [1.82, 2.24) is 15.5 Å². The molecule has 1 atom stereocenters. The van der Waals surface area contributed by atoms with Crippen molar-refractivity contribution < 1.29 is 24.6 Å². The molecule has 0 saturated carbocycles. The summed E-state index contributed by atoms with van der Waals surface area (Å²) in [7, 11) is 0. The SMILES string of the molecule is CCC1(C)NC(=O)N(CC(=O)NC(C)(CO)CO)C1=O. The van der Waals surface area contributed by atoms with Gasteiger partial charge in [-0.25, -0.2) is 4.79 Å². The van der Waals surface area contributed by atoms with Crippen LogP contribution in [0.3, 0.4) is 0 Å². The second-order valence-corrected chi connectivity index (χ2v) is 5.43. The van der Waals surface area contributed by atoms with Crippen molar-refractivity contribution in [3.05, 3.63) is 0 Å². The molecule has 1 unspecified atom stereocenters. The van der Waals surface area contributed by atoms with Crippen LogP contribution in [-0.4, -0.2) is 63.8 Å². The number of aliphatic hydroxyl groups excluding tert-OH is 2. The normalized spacial score (nSPS) is 22.9. The molecule has 0 spiro atoms. The molecule has 4 amide bonds. The zero-order chi connectivity index (χ0) is 15.6. The second kappa shape index (κ2) is 5.76. The van der Waals surface area contributed by atoms with Crippen LogP contribution in [0.2, 0.25) is 0 Å². The number of carbonyl (C=O) groups excluding carboxylic acids is 3. The molecule has 0 aromatic heterocycles.